The number of aromatic nitrogens is 2. The predicted octanol–water partition coefficient (Wildman–Crippen LogP) is 4.10. The van der Waals surface area contributed by atoms with Gasteiger partial charge in [0, 0.05) is 5.39 Å². The number of rotatable bonds is 4. The molecule has 0 spiro atoms. The number of nitrogens with zero attached hydrogens (tertiary/aromatic N) is 3. The van der Waals surface area contributed by atoms with Crippen molar-refractivity contribution in [1.82, 2.24) is 9.78 Å². The average molecular weight is 447 g/mol. The molecule has 4 aromatic rings. The summed E-state index contributed by atoms with van der Waals surface area (Å²) in [5.41, 5.74) is 4.58. The minimum absolute atomic E-state index is 0.234. The Labute approximate surface area is 186 Å². The van der Waals surface area contributed by atoms with Gasteiger partial charge in [0.05, 0.1) is 33.3 Å². The van der Waals surface area contributed by atoms with Crippen LogP contribution in [0.25, 0.3) is 16.5 Å². The van der Waals surface area contributed by atoms with Crippen molar-refractivity contribution in [3.63, 3.8) is 0 Å². The largest absolute Gasteiger partial charge is 0.321 e. The second-order valence-corrected chi connectivity index (χ2v) is 9.82. The second-order valence-electron chi connectivity index (χ2n) is 7.98. The van der Waals surface area contributed by atoms with E-state index in [1.165, 1.54) is 4.31 Å². The van der Waals surface area contributed by atoms with Crippen molar-refractivity contribution in [2.75, 3.05) is 16.2 Å². The first-order chi connectivity index (χ1) is 15.3. The maximum Gasteiger partial charge on any atom is 0.265 e. The molecule has 5 rings (SSSR count). The topological polar surface area (TPSA) is 84.3 Å². The highest BCUT2D eigenvalue weighted by Crippen LogP contribution is 2.41. The van der Waals surface area contributed by atoms with Gasteiger partial charge >= 0.3 is 0 Å². The lowest BCUT2D eigenvalue weighted by Crippen LogP contribution is -2.35. The summed E-state index contributed by atoms with van der Waals surface area (Å²) in [5, 5.41) is 8.92. The van der Waals surface area contributed by atoms with Crippen molar-refractivity contribution in [1.29, 1.82) is 0 Å². The van der Waals surface area contributed by atoms with Gasteiger partial charge in [-0.3, -0.25) is 9.10 Å². The van der Waals surface area contributed by atoms with E-state index >= 15 is 0 Å². The Hall–Kier alpha value is -3.65. The second kappa shape index (κ2) is 7.20. The van der Waals surface area contributed by atoms with Gasteiger partial charge in [0.2, 0.25) is 5.91 Å². The van der Waals surface area contributed by atoms with E-state index in [4.69, 9.17) is 0 Å². The first kappa shape index (κ1) is 20.3. The van der Waals surface area contributed by atoms with Crippen molar-refractivity contribution in [3.05, 3.63) is 77.6 Å². The van der Waals surface area contributed by atoms with Crippen LogP contribution in [0.3, 0.4) is 0 Å². The Balaban J connectivity index is 1.44. The SMILES string of the molecule is Cc1ccc(-n2nc(C)c(NC(=O)CN3c4cccc5cccc(c45)S3(=O)=O)c2C)cc1. The molecule has 7 nitrogen and oxygen atoms in total. The molecule has 0 saturated heterocycles. The molecule has 0 atom stereocenters. The maximum absolute atomic E-state index is 13.1. The van der Waals surface area contributed by atoms with Crippen LogP contribution in [0.5, 0.6) is 0 Å². The molecular formula is C24H22N4O3S. The van der Waals surface area contributed by atoms with Crippen LogP contribution < -0.4 is 9.62 Å². The summed E-state index contributed by atoms with van der Waals surface area (Å²) in [7, 11) is -3.80. The van der Waals surface area contributed by atoms with Gasteiger partial charge in [-0.2, -0.15) is 5.10 Å². The first-order valence-corrected chi connectivity index (χ1v) is 11.7. The minimum atomic E-state index is -3.80. The van der Waals surface area contributed by atoms with Crippen LogP contribution in [0, 0.1) is 20.8 Å². The van der Waals surface area contributed by atoms with Gasteiger partial charge in [-0.25, -0.2) is 13.1 Å². The molecule has 2 heterocycles. The zero-order valence-corrected chi connectivity index (χ0v) is 18.8. The summed E-state index contributed by atoms with van der Waals surface area (Å²) in [6, 6.07) is 18.5. The molecule has 0 saturated carbocycles. The van der Waals surface area contributed by atoms with E-state index in [2.05, 4.69) is 10.4 Å². The molecule has 1 aliphatic rings. The highest BCUT2D eigenvalue weighted by atomic mass is 32.2. The van der Waals surface area contributed by atoms with E-state index in [-0.39, 0.29) is 11.4 Å². The number of amides is 1. The smallest absolute Gasteiger partial charge is 0.265 e. The number of sulfonamides is 1. The summed E-state index contributed by atoms with van der Waals surface area (Å²) in [6.45, 7) is 5.39. The van der Waals surface area contributed by atoms with E-state index < -0.39 is 15.9 Å². The van der Waals surface area contributed by atoms with Gasteiger partial charge in [0.15, 0.2) is 0 Å². The number of carbonyl (C=O) groups excluding carboxylic acids is 1. The Morgan fingerprint density at radius 1 is 0.969 bits per heavy atom. The zero-order chi connectivity index (χ0) is 22.6. The molecule has 1 amide bonds. The molecule has 8 heteroatoms. The quantitative estimate of drug-likeness (QED) is 0.512. The molecule has 32 heavy (non-hydrogen) atoms. The zero-order valence-electron chi connectivity index (χ0n) is 18.0. The Morgan fingerprint density at radius 2 is 1.66 bits per heavy atom. The van der Waals surface area contributed by atoms with Gasteiger partial charge in [-0.05, 0) is 50.4 Å². The van der Waals surface area contributed by atoms with Crippen LogP contribution in [-0.4, -0.2) is 30.7 Å². The number of nitrogens with one attached hydrogen (secondary N) is 1. The van der Waals surface area contributed by atoms with Crippen LogP contribution in [0.4, 0.5) is 11.4 Å². The number of hydrogen-bond acceptors (Lipinski definition) is 4. The van der Waals surface area contributed by atoms with Crippen molar-refractivity contribution in [3.8, 4) is 5.69 Å². The summed E-state index contributed by atoms with van der Waals surface area (Å²) in [6.07, 6.45) is 0. The van der Waals surface area contributed by atoms with Gasteiger partial charge in [0.1, 0.15) is 6.54 Å². The normalized spacial score (nSPS) is 14.2. The predicted molar refractivity (Wildman–Crippen MR) is 125 cm³/mol. The number of aryl methyl sites for hydroxylation is 2. The fraction of sp³-hybridized carbons (Fsp3) is 0.167. The molecule has 162 valence electrons. The number of benzene rings is 3. The molecule has 0 fully saturated rings. The van der Waals surface area contributed by atoms with E-state index in [0.717, 1.165) is 22.3 Å². The molecule has 0 aliphatic carbocycles. The van der Waals surface area contributed by atoms with Crippen molar-refractivity contribution < 1.29 is 13.2 Å². The standard InChI is InChI=1S/C24H22N4O3S/c1-15-10-12-19(13-11-15)28-17(3)24(16(2)26-28)25-22(29)14-27-20-8-4-6-18-7-5-9-21(23(18)20)32(27,30)31/h4-13H,14H2,1-3H3,(H,25,29). The van der Waals surface area contributed by atoms with Crippen LogP contribution in [-0.2, 0) is 14.8 Å². The summed E-state index contributed by atoms with van der Waals surface area (Å²) in [5.74, 6) is -0.423. The monoisotopic (exact) mass is 446 g/mol. The average Bonchev–Trinajstić information content (AvgIpc) is 3.16. The molecule has 1 aromatic heterocycles. The van der Waals surface area contributed by atoms with Crippen LogP contribution in [0.15, 0.2) is 65.6 Å². The van der Waals surface area contributed by atoms with E-state index in [9.17, 15) is 13.2 Å². The third-order valence-corrected chi connectivity index (χ3v) is 7.60. The van der Waals surface area contributed by atoms with E-state index in [1.54, 1.807) is 28.9 Å². The van der Waals surface area contributed by atoms with Gasteiger partial charge in [0.25, 0.3) is 10.0 Å². The summed E-state index contributed by atoms with van der Waals surface area (Å²) in [4.78, 5) is 13.2. The van der Waals surface area contributed by atoms with Gasteiger partial charge in [-0.15, -0.1) is 0 Å². The van der Waals surface area contributed by atoms with Gasteiger partial charge in [-0.1, -0.05) is 42.0 Å². The van der Waals surface area contributed by atoms with Crippen molar-refractivity contribution in [2.45, 2.75) is 25.7 Å². The number of carbonyl (C=O) groups is 1. The van der Waals surface area contributed by atoms with E-state index in [0.29, 0.717) is 22.5 Å². The highest BCUT2D eigenvalue weighted by Gasteiger charge is 2.36. The minimum Gasteiger partial charge on any atom is -0.321 e. The number of anilines is 2. The van der Waals surface area contributed by atoms with Crippen LogP contribution in [0.2, 0.25) is 0 Å². The summed E-state index contributed by atoms with van der Waals surface area (Å²) < 4.78 is 29.2. The van der Waals surface area contributed by atoms with Crippen LogP contribution in [0.1, 0.15) is 17.0 Å². The van der Waals surface area contributed by atoms with Gasteiger partial charge < -0.3 is 5.32 Å². The Morgan fingerprint density at radius 3 is 2.38 bits per heavy atom. The number of hydrogen-bond donors (Lipinski definition) is 1. The Bertz CT molecular complexity index is 1480. The highest BCUT2D eigenvalue weighted by molar-refractivity contribution is 7.93. The molecule has 1 N–H and O–H groups in total. The molecule has 0 radical (unpaired) electrons. The van der Waals surface area contributed by atoms with Crippen molar-refractivity contribution >= 4 is 38.1 Å². The third kappa shape index (κ3) is 3.06. The third-order valence-electron chi connectivity index (χ3n) is 5.80. The lowest BCUT2D eigenvalue weighted by molar-refractivity contribution is -0.114. The fourth-order valence-corrected chi connectivity index (χ4v) is 5.87. The molecule has 3 aromatic carbocycles. The van der Waals surface area contributed by atoms with E-state index in [1.807, 2.05) is 57.2 Å². The first-order valence-electron chi connectivity index (χ1n) is 10.2. The molecule has 1 aliphatic heterocycles. The Kier molecular flexibility index (Phi) is 4.56. The van der Waals surface area contributed by atoms with Crippen LogP contribution >= 0.6 is 0 Å². The van der Waals surface area contributed by atoms with Crippen molar-refractivity contribution in [2.24, 2.45) is 0 Å². The molecule has 0 bridgehead atoms. The maximum atomic E-state index is 13.1. The lowest BCUT2D eigenvalue weighted by atomic mass is 10.1. The fourth-order valence-electron chi connectivity index (χ4n) is 4.20. The molecular weight excluding hydrogens is 424 g/mol. The molecule has 0 unspecified atom stereocenters. The lowest BCUT2D eigenvalue weighted by Gasteiger charge is -2.18. The summed E-state index contributed by atoms with van der Waals surface area (Å²) >= 11 is 0.